The molecule has 2 aromatic rings. The van der Waals surface area contributed by atoms with Crippen LogP contribution in [-0.4, -0.2) is 29.9 Å². The van der Waals surface area contributed by atoms with E-state index in [0.29, 0.717) is 24.4 Å². The van der Waals surface area contributed by atoms with Crippen LogP contribution in [0.15, 0.2) is 59.5 Å². The molecular weight excluding hydrogens is 342 g/mol. The van der Waals surface area contributed by atoms with Crippen LogP contribution in [0.25, 0.3) is 0 Å². The van der Waals surface area contributed by atoms with Crippen molar-refractivity contribution in [3.63, 3.8) is 0 Å². The Morgan fingerprint density at radius 1 is 1.12 bits per heavy atom. The minimum absolute atomic E-state index is 0.0373. The average molecular weight is 364 g/mol. The van der Waals surface area contributed by atoms with Gasteiger partial charge in [0.2, 0.25) is 5.91 Å². The highest BCUT2D eigenvalue weighted by molar-refractivity contribution is 7.99. The lowest BCUT2D eigenvalue weighted by Gasteiger charge is -2.17. The van der Waals surface area contributed by atoms with Crippen LogP contribution in [0.3, 0.4) is 0 Å². The first kappa shape index (κ1) is 18.8. The second-order valence-corrected chi connectivity index (χ2v) is 7.08. The molecule has 0 spiro atoms. The van der Waals surface area contributed by atoms with Crippen LogP contribution >= 0.6 is 23.4 Å². The topological polar surface area (TPSA) is 49.3 Å². The molecule has 0 aliphatic heterocycles. The Hall–Kier alpha value is -1.49. The van der Waals surface area contributed by atoms with Crippen molar-refractivity contribution in [2.75, 3.05) is 18.9 Å². The molecule has 24 heavy (non-hydrogen) atoms. The van der Waals surface area contributed by atoms with Gasteiger partial charge < -0.3 is 10.4 Å². The normalized spacial score (nSPS) is 11.9. The number of hydrogen-bond donors (Lipinski definition) is 2. The van der Waals surface area contributed by atoms with Crippen LogP contribution in [0.5, 0.6) is 0 Å². The molecule has 0 aliphatic carbocycles. The van der Waals surface area contributed by atoms with Crippen molar-refractivity contribution in [2.45, 2.75) is 23.7 Å². The van der Waals surface area contributed by atoms with E-state index >= 15 is 0 Å². The number of benzene rings is 2. The Bertz CT molecular complexity index is 619. The van der Waals surface area contributed by atoms with Crippen LogP contribution in [0.2, 0.25) is 5.02 Å². The zero-order chi connectivity index (χ0) is 17.2. The second-order valence-electron chi connectivity index (χ2n) is 5.48. The lowest BCUT2D eigenvalue weighted by Crippen LogP contribution is -2.29. The monoisotopic (exact) mass is 363 g/mol. The molecule has 2 aromatic carbocycles. The molecule has 1 atom stereocenters. The number of amides is 1. The molecular formula is C19H22ClNO2S. The molecule has 0 aromatic heterocycles. The van der Waals surface area contributed by atoms with Crippen LogP contribution in [-0.2, 0) is 4.79 Å². The van der Waals surface area contributed by atoms with Gasteiger partial charge in [-0.05, 0) is 36.2 Å². The number of hydrogen-bond acceptors (Lipinski definition) is 3. The molecule has 2 rings (SSSR count). The van der Waals surface area contributed by atoms with Crippen molar-refractivity contribution in [2.24, 2.45) is 0 Å². The van der Waals surface area contributed by atoms with Gasteiger partial charge in [-0.1, -0.05) is 41.9 Å². The van der Waals surface area contributed by atoms with Crippen LogP contribution in [0.4, 0.5) is 0 Å². The van der Waals surface area contributed by atoms with E-state index in [2.05, 4.69) is 5.32 Å². The van der Waals surface area contributed by atoms with E-state index in [1.165, 1.54) is 0 Å². The van der Waals surface area contributed by atoms with E-state index in [1.807, 2.05) is 54.6 Å². The van der Waals surface area contributed by atoms with Gasteiger partial charge in [-0.15, -0.1) is 11.8 Å². The highest BCUT2D eigenvalue weighted by Gasteiger charge is 2.12. The van der Waals surface area contributed by atoms with Gasteiger partial charge in [0.15, 0.2) is 0 Å². The Balaban J connectivity index is 1.73. The largest absolute Gasteiger partial charge is 0.396 e. The number of carbonyl (C=O) groups is 1. The fraction of sp³-hybridized carbons (Fsp3) is 0.316. The Labute approximate surface area is 152 Å². The first-order chi connectivity index (χ1) is 11.7. The summed E-state index contributed by atoms with van der Waals surface area (Å²) in [6, 6.07) is 17.6. The van der Waals surface area contributed by atoms with E-state index in [-0.39, 0.29) is 18.4 Å². The Morgan fingerprint density at radius 2 is 1.83 bits per heavy atom. The standard InChI is InChI=1S/C19H22ClNO2S/c20-17-6-8-18(9-7-17)24-13-11-19(23)21-14-16(10-12-22)15-4-2-1-3-5-15/h1-9,16,22H,10-14H2,(H,21,23)/t16-/m1/s1. The van der Waals surface area contributed by atoms with Gasteiger partial charge in [-0.3, -0.25) is 4.79 Å². The summed E-state index contributed by atoms with van der Waals surface area (Å²) in [6.45, 7) is 0.664. The van der Waals surface area contributed by atoms with Gasteiger partial charge in [0.25, 0.3) is 0 Å². The summed E-state index contributed by atoms with van der Waals surface area (Å²) in [5.41, 5.74) is 1.14. The molecule has 3 nitrogen and oxygen atoms in total. The van der Waals surface area contributed by atoms with Crippen molar-refractivity contribution in [3.05, 3.63) is 65.2 Å². The SMILES string of the molecule is O=C(CCSc1ccc(Cl)cc1)NC[C@@H](CCO)c1ccccc1. The average Bonchev–Trinajstić information content (AvgIpc) is 2.61. The molecule has 0 aliphatic rings. The van der Waals surface area contributed by atoms with Crippen molar-refractivity contribution < 1.29 is 9.90 Å². The predicted molar refractivity (Wildman–Crippen MR) is 101 cm³/mol. The molecule has 0 saturated heterocycles. The van der Waals surface area contributed by atoms with E-state index in [4.69, 9.17) is 11.6 Å². The number of carbonyl (C=O) groups excluding carboxylic acids is 1. The Morgan fingerprint density at radius 3 is 2.50 bits per heavy atom. The third kappa shape index (κ3) is 6.56. The van der Waals surface area contributed by atoms with E-state index in [9.17, 15) is 9.90 Å². The van der Waals surface area contributed by atoms with Gasteiger partial charge in [-0.25, -0.2) is 0 Å². The third-order valence-corrected chi connectivity index (χ3v) is 4.97. The van der Waals surface area contributed by atoms with Gasteiger partial charge in [0, 0.05) is 41.2 Å². The van der Waals surface area contributed by atoms with Gasteiger partial charge in [-0.2, -0.15) is 0 Å². The maximum absolute atomic E-state index is 12.0. The molecule has 0 saturated carbocycles. The number of aliphatic hydroxyl groups excluding tert-OH is 1. The van der Waals surface area contributed by atoms with Crippen molar-refractivity contribution in [1.82, 2.24) is 5.32 Å². The summed E-state index contributed by atoms with van der Waals surface area (Å²) in [4.78, 5) is 13.1. The molecule has 0 heterocycles. The smallest absolute Gasteiger partial charge is 0.220 e. The number of aliphatic hydroxyl groups is 1. The van der Waals surface area contributed by atoms with Crippen LogP contribution < -0.4 is 5.32 Å². The first-order valence-electron chi connectivity index (χ1n) is 8.00. The van der Waals surface area contributed by atoms with E-state index in [0.717, 1.165) is 16.2 Å². The lowest BCUT2D eigenvalue weighted by molar-refractivity contribution is -0.120. The number of rotatable bonds is 9. The second kappa shape index (κ2) is 10.4. The van der Waals surface area contributed by atoms with E-state index < -0.39 is 0 Å². The quantitative estimate of drug-likeness (QED) is 0.659. The minimum atomic E-state index is 0.0373. The highest BCUT2D eigenvalue weighted by atomic mass is 35.5. The van der Waals surface area contributed by atoms with Gasteiger partial charge >= 0.3 is 0 Å². The summed E-state index contributed by atoms with van der Waals surface area (Å²) < 4.78 is 0. The van der Waals surface area contributed by atoms with E-state index in [1.54, 1.807) is 11.8 Å². The molecule has 0 unspecified atom stereocenters. The molecule has 5 heteroatoms. The molecule has 1 amide bonds. The summed E-state index contributed by atoms with van der Waals surface area (Å²) in [5, 5.41) is 12.9. The van der Waals surface area contributed by atoms with Crippen molar-refractivity contribution in [1.29, 1.82) is 0 Å². The molecule has 2 N–H and O–H groups in total. The van der Waals surface area contributed by atoms with Crippen LogP contribution in [0.1, 0.15) is 24.3 Å². The summed E-state index contributed by atoms with van der Waals surface area (Å²) in [7, 11) is 0. The predicted octanol–water partition coefficient (Wildman–Crippen LogP) is 4.10. The van der Waals surface area contributed by atoms with Crippen LogP contribution in [0, 0.1) is 0 Å². The maximum atomic E-state index is 12.0. The molecule has 128 valence electrons. The molecule has 0 radical (unpaired) electrons. The summed E-state index contributed by atoms with van der Waals surface area (Å²) in [5.74, 6) is 0.906. The maximum Gasteiger partial charge on any atom is 0.220 e. The summed E-state index contributed by atoms with van der Waals surface area (Å²) in [6.07, 6.45) is 1.11. The highest BCUT2D eigenvalue weighted by Crippen LogP contribution is 2.21. The number of halogens is 1. The number of nitrogens with one attached hydrogen (secondary N) is 1. The van der Waals surface area contributed by atoms with Gasteiger partial charge in [0.05, 0.1) is 0 Å². The zero-order valence-corrected chi connectivity index (χ0v) is 15.0. The lowest BCUT2D eigenvalue weighted by atomic mass is 9.96. The van der Waals surface area contributed by atoms with Gasteiger partial charge in [0.1, 0.15) is 0 Å². The number of thioether (sulfide) groups is 1. The Kier molecular flexibility index (Phi) is 8.16. The van der Waals surface area contributed by atoms with Crippen molar-refractivity contribution in [3.8, 4) is 0 Å². The van der Waals surface area contributed by atoms with Crippen molar-refractivity contribution >= 4 is 29.3 Å². The molecule has 0 fully saturated rings. The zero-order valence-electron chi connectivity index (χ0n) is 13.5. The summed E-state index contributed by atoms with van der Waals surface area (Å²) >= 11 is 7.49. The first-order valence-corrected chi connectivity index (χ1v) is 9.36. The molecule has 0 bridgehead atoms. The fourth-order valence-corrected chi connectivity index (χ4v) is 3.36. The third-order valence-electron chi connectivity index (χ3n) is 3.71. The fourth-order valence-electron chi connectivity index (χ4n) is 2.39. The minimum Gasteiger partial charge on any atom is -0.396 e.